The number of benzene rings is 1. The lowest BCUT2D eigenvalue weighted by atomic mass is 9.79. The molecule has 21 heavy (non-hydrogen) atoms. The summed E-state index contributed by atoms with van der Waals surface area (Å²) in [6.45, 7) is 7.32. The van der Waals surface area contributed by atoms with Gasteiger partial charge in [0, 0.05) is 0 Å². The van der Waals surface area contributed by atoms with Crippen molar-refractivity contribution in [1.29, 1.82) is 0 Å². The molecule has 3 atom stereocenters. The number of hydrogen-bond donors (Lipinski definition) is 1. The monoisotopic (exact) mass is 292 g/mol. The fourth-order valence-corrected chi connectivity index (χ4v) is 2.89. The molecule has 3 unspecified atom stereocenters. The smallest absolute Gasteiger partial charge is 0.125 e. The maximum absolute atomic E-state index is 10.2. The first-order valence-corrected chi connectivity index (χ1v) is 8.17. The Morgan fingerprint density at radius 2 is 1.81 bits per heavy atom. The lowest BCUT2D eigenvalue weighted by Crippen LogP contribution is -2.39. The van der Waals surface area contributed by atoms with Crippen LogP contribution in [0.2, 0.25) is 0 Å². The minimum Gasteiger partial charge on any atom is -0.494 e. The second-order valence-corrected chi connectivity index (χ2v) is 6.36. The van der Waals surface area contributed by atoms with Crippen molar-refractivity contribution in [3.63, 3.8) is 0 Å². The van der Waals surface area contributed by atoms with E-state index in [1.807, 2.05) is 24.3 Å². The van der Waals surface area contributed by atoms with Crippen molar-refractivity contribution in [2.24, 2.45) is 11.8 Å². The van der Waals surface area contributed by atoms with Crippen molar-refractivity contribution in [1.82, 2.24) is 0 Å². The largest absolute Gasteiger partial charge is 0.494 e. The van der Waals surface area contributed by atoms with Crippen LogP contribution in [0.25, 0.3) is 0 Å². The summed E-state index contributed by atoms with van der Waals surface area (Å²) in [4.78, 5) is 0. The van der Waals surface area contributed by atoms with Gasteiger partial charge in [-0.25, -0.2) is 0 Å². The van der Waals surface area contributed by atoms with E-state index in [0.29, 0.717) is 11.8 Å². The Morgan fingerprint density at radius 1 is 1.14 bits per heavy atom. The number of ether oxygens (including phenoxy) is 2. The first kappa shape index (κ1) is 16.2. The first-order valence-electron chi connectivity index (χ1n) is 8.17. The van der Waals surface area contributed by atoms with Gasteiger partial charge in [0.2, 0.25) is 0 Å². The Labute approximate surface area is 128 Å². The van der Waals surface area contributed by atoms with Crippen molar-refractivity contribution in [3.05, 3.63) is 24.3 Å². The van der Waals surface area contributed by atoms with E-state index in [1.54, 1.807) is 0 Å². The predicted octanol–water partition coefficient (Wildman–Crippen LogP) is 4.04. The Morgan fingerprint density at radius 3 is 2.43 bits per heavy atom. The van der Waals surface area contributed by atoms with Gasteiger partial charge in [0.05, 0.1) is 12.7 Å². The molecule has 2 rings (SSSR count). The molecule has 1 saturated carbocycles. The molecule has 0 radical (unpaired) electrons. The van der Waals surface area contributed by atoms with Crippen LogP contribution >= 0.6 is 0 Å². The standard InChI is InChI=1S/C18H28O3/c1-4-11-20-15-6-8-16(9-7-15)21-18-12-14(13(2)3)5-10-17(18)19/h6-9,13-14,17-19H,4-5,10-12H2,1-3H3. The minimum atomic E-state index is -0.351. The average molecular weight is 292 g/mol. The van der Waals surface area contributed by atoms with Gasteiger partial charge in [0.25, 0.3) is 0 Å². The zero-order valence-electron chi connectivity index (χ0n) is 13.4. The maximum atomic E-state index is 10.2. The second-order valence-electron chi connectivity index (χ2n) is 6.36. The first-order chi connectivity index (χ1) is 10.1. The number of aliphatic hydroxyl groups is 1. The molecule has 0 heterocycles. The van der Waals surface area contributed by atoms with Crippen LogP contribution in [0.4, 0.5) is 0 Å². The lowest BCUT2D eigenvalue weighted by Gasteiger charge is -2.35. The van der Waals surface area contributed by atoms with E-state index in [4.69, 9.17) is 9.47 Å². The van der Waals surface area contributed by atoms with Crippen molar-refractivity contribution >= 4 is 0 Å². The fraction of sp³-hybridized carbons (Fsp3) is 0.667. The molecule has 0 amide bonds. The van der Waals surface area contributed by atoms with Crippen molar-refractivity contribution in [2.45, 2.75) is 58.7 Å². The summed E-state index contributed by atoms with van der Waals surface area (Å²) < 4.78 is 11.6. The Balaban J connectivity index is 1.93. The highest BCUT2D eigenvalue weighted by atomic mass is 16.5. The molecule has 0 aromatic heterocycles. The van der Waals surface area contributed by atoms with Crippen LogP contribution in [0.1, 0.15) is 46.5 Å². The molecule has 1 aromatic carbocycles. The summed E-state index contributed by atoms with van der Waals surface area (Å²) in [5.74, 6) is 2.97. The van der Waals surface area contributed by atoms with Gasteiger partial charge in [-0.05, 0) is 61.8 Å². The molecule has 1 aromatic rings. The van der Waals surface area contributed by atoms with Gasteiger partial charge in [0.15, 0.2) is 0 Å². The second kappa shape index (κ2) is 7.69. The van der Waals surface area contributed by atoms with E-state index < -0.39 is 0 Å². The molecule has 3 nitrogen and oxygen atoms in total. The van der Waals surface area contributed by atoms with E-state index in [1.165, 1.54) is 0 Å². The van der Waals surface area contributed by atoms with Gasteiger partial charge < -0.3 is 14.6 Å². The Kier molecular flexibility index (Phi) is 5.92. The third-order valence-corrected chi connectivity index (χ3v) is 4.32. The quantitative estimate of drug-likeness (QED) is 0.860. The van der Waals surface area contributed by atoms with Gasteiger partial charge in [0.1, 0.15) is 17.6 Å². The average Bonchev–Trinajstić information content (AvgIpc) is 2.48. The van der Waals surface area contributed by atoms with Crippen LogP contribution in [-0.2, 0) is 0 Å². The molecule has 1 aliphatic rings. The number of aliphatic hydroxyl groups excluding tert-OH is 1. The SMILES string of the molecule is CCCOc1ccc(OC2CC(C(C)C)CCC2O)cc1. The highest BCUT2D eigenvalue weighted by Crippen LogP contribution is 2.32. The van der Waals surface area contributed by atoms with Gasteiger partial charge in [-0.3, -0.25) is 0 Å². The molecule has 1 N–H and O–H groups in total. The predicted molar refractivity (Wildman–Crippen MR) is 84.8 cm³/mol. The van der Waals surface area contributed by atoms with Gasteiger partial charge >= 0.3 is 0 Å². The van der Waals surface area contributed by atoms with Crippen LogP contribution in [0.5, 0.6) is 11.5 Å². The van der Waals surface area contributed by atoms with Gasteiger partial charge in [-0.15, -0.1) is 0 Å². The molecule has 0 aliphatic heterocycles. The summed E-state index contributed by atoms with van der Waals surface area (Å²) in [6.07, 6.45) is 3.44. The molecule has 118 valence electrons. The van der Waals surface area contributed by atoms with E-state index in [2.05, 4.69) is 20.8 Å². The van der Waals surface area contributed by atoms with Crippen LogP contribution in [0, 0.1) is 11.8 Å². The lowest BCUT2D eigenvalue weighted by molar-refractivity contribution is -0.0177. The normalized spacial score (nSPS) is 25.9. The zero-order chi connectivity index (χ0) is 15.2. The molecule has 0 saturated heterocycles. The third-order valence-electron chi connectivity index (χ3n) is 4.32. The highest BCUT2D eigenvalue weighted by molar-refractivity contribution is 5.31. The van der Waals surface area contributed by atoms with E-state index in [9.17, 15) is 5.11 Å². The molecule has 0 spiro atoms. The van der Waals surface area contributed by atoms with E-state index in [0.717, 1.165) is 43.8 Å². The molecule has 0 bridgehead atoms. The molecule has 3 heteroatoms. The minimum absolute atomic E-state index is 0.0893. The Hall–Kier alpha value is -1.22. The Bertz CT molecular complexity index is 413. The van der Waals surface area contributed by atoms with Crippen molar-refractivity contribution < 1.29 is 14.6 Å². The van der Waals surface area contributed by atoms with Gasteiger partial charge in [-0.2, -0.15) is 0 Å². The molecular formula is C18H28O3. The highest BCUT2D eigenvalue weighted by Gasteiger charge is 2.32. The molecular weight excluding hydrogens is 264 g/mol. The van der Waals surface area contributed by atoms with Crippen LogP contribution in [0.3, 0.4) is 0 Å². The summed E-state index contributed by atoms with van der Waals surface area (Å²) in [6, 6.07) is 7.72. The fourth-order valence-electron chi connectivity index (χ4n) is 2.89. The van der Waals surface area contributed by atoms with Crippen molar-refractivity contribution in [2.75, 3.05) is 6.61 Å². The van der Waals surface area contributed by atoms with Crippen LogP contribution in [-0.4, -0.2) is 23.9 Å². The van der Waals surface area contributed by atoms with E-state index >= 15 is 0 Å². The van der Waals surface area contributed by atoms with E-state index in [-0.39, 0.29) is 12.2 Å². The third kappa shape index (κ3) is 4.63. The summed E-state index contributed by atoms with van der Waals surface area (Å²) >= 11 is 0. The van der Waals surface area contributed by atoms with Crippen molar-refractivity contribution in [3.8, 4) is 11.5 Å². The zero-order valence-corrected chi connectivity index (χ0v) is 13.4. The van der Waals surface area contributed by atoms with Gasteiger partial charge in [-0.1, -0.05) is 20.8 Å². The van der Waals surface area contributed by atoms with Crippen LogP contribution < -0.4 is 9.47 Å². The maximum Gasteiger partial charge on any atom is 0.125 e. The number of rotatable bonds is 6. The molecule has 1 aliphatic carbocycles. The van der Waals surface area contributed by atoms with Crippen LogP contribution in [0.15, 0.2) is 24.3 Å². The topological polar surface area (TPSA) is 38.7 Å². The summed E-state index contributed by atoms with van der Waals surface area (Å²) in [5, 5.41) is 10.2. The summed E-state index contributed by atoms with van der Waals surface area (Å²) in [7, 11) is 0. The number of hydrogen-bond acceptors (Lipinski definition) is 3. The molecule has 1 fully saturated rings. The summed E-state index contributed by atoms with van der Waals surface area (Å²) in [5.41, 5.74) is 0.